The van der Waals surface area contributed by atoms with Crippen LogP contribution in [0.3, 0.4) is 0 Å². The van der Waals surface area contributed by atoms with Gasteiger partial charge < -0.3 is 5.73 Å². The van der Waals surface area contributed by atoms with Crippen LogP contribution in [0.15, 0.2) is 18.2 Å². The van der Waals surface area contributed by atoms with E-state index in [1.165, 1.54) is 6.42 Å². The fraction of sp³-hybridized carbons (Fsp3) is 0.385. The molecule has 0 radical (unpaired) electrons. The Hall–Kier alpha value is -1.44. The highest BCUT2D eigenvalue weighted by molar-refractivity contribution is 7.18. The van der Waals surface area contributed by atoms with Crippen molar-refractivity contribution in [1.82, 2.24) is 4.98 Å². The molecule has 86 valence electrons. The van der Waals surface area contributed by atoms with E-state index in [0.717, 1.165) is 28.1 Å². The van der Waals surface area contributed by atoms with Crippen LogP contribution in [0.1, 0.15) is 35.8 Å². The first-order chi connectivity index (χ1) is 8.28. The predicted molar refractivity (Wildman–Crippen MR) is 68.9 cm³/mol. The topological polar surface area (TPSA) is 62.7 Å². The van der Waals surface area contributed by atoms with Crippen molar-refractivity contribution in [2.24, 2.45) is 5.73 Å². The van der Waals surface area contributed by atoms with E-state index < -0.39 is 0 Å². The van der Waals surface area contributed by atoms with Gasteiger partial charge in [-0.2, -0.15) is 5.26 Å². The molecule has 0 bridgehead atoms. The number of benzene rings is 1. The Bertz CT molecular complexity index is 596. The molecule has 3 rings (SSSR count). The monoisotopic (exact) mass is 243 g/mol. The summed E-state index contributed by atoms with van der Waals surface area (Å²) in [6, 6.07) is 8.07. The van der Waals surface area contributed by atoms with Gasteiger partial charge >= 0.3 is 0 Å². The number of hydrogen-bond acceptors (Lipinski definition) is 4. The smallest absolute Gasteiger partial charge is 0.0992 e. The van der Waals surface area contributed by atoms with Crippen LogP contribution < -0.4 is 5.73 Å². The Balaban J connectivity index is 2.04. The van der Waals surface area contributed by atoms with Gasteiger partial charge in [0.15, 0.2) is 0 Å². The second-order valence-corrected chi connectivity index (χ2v) is 5.61. The fourth-order valence-electron chi connectivity index (χ4n) is 2.47. The molecule has 1 aromatic carbocycles. The van der Waals surface area contributed by atoms with Gasteiger partial charge in [-0.15, -0.1) is 11.3 Å². The quantitative estimate of drug-likeness (QED) is 0.837. The normalized spacial score (nSPS) is 24.0. The van der Waals surface area contributed by atoms with Crippen molar-refractivity contribution in [2.75, 3.05) is 0 Å². The van der Waals surface area contributed by atoms with E-state index in [9.17, 15) is 0 Å². The van der Waals surface area contributed by atoms with E-state index in [1.807, 2.05) is 18.2 Å². The van der Waals surface area contributed by atoms with Crippen molar-refractivity contribution in [1.29, 1.82) is 5.26 Å². The lowest BCUT2D eigenvalue weighted by Gasteiger charge is -2.10. The molecule has 0 saturated heterocycles. The SMILES string of the molecule is N#Cc1ccc2nc(C3CCCC3N)sc2c1. The van der Waals surface area contributed by atoms with E-state index in [4.69, 9.17) is 11.0 Å². The number of nitrogens with zero attached hydrogens (tertiary/aromatic N) is 2. The van der Waals surface area contributed by atoms with Crippen molar-refractivity contribution in [2.45, 2.75) is 31.2 Å². The second kappa shape index (κ2) is 4.10. The number of hydrogen-bond donors (Lipinski definition) is 1. The molecule has 1 aromatic heterocycles. The molecule has 1 aliphatic rings. The van der Waals surface area contributed by atoms with Crippen LogP contribution in [0.2, 0.25) is 0 Å². The molecule has 2 N–H and O–H groups in total. The Kier molecular flexibility index (Phi) is 2.58. The first-order valence-corrected chi connectivity index (χ1v) is 6.66. The van der Waals surface area contributed by atoms with Crippen LogP contribution in [-0.4, -0.2) is 11.0 Å². The Morgan fingerprint density at radius 3 is 3.00 bits per heavy atom. The minimum absolute atomic E-state index is 0.256. The molecule has 1 saturated carbocycles. The predicted octanol–water partition coefficient (Wildman–Crippen LogP) is 2.76. The number of rotatable bonds is 1. The van der Waals surface area contributed by atoms with Crippen LogP contribution in [0.25, 0.3) is 10.2 Å². The summed E-state index contributed by atoms with van der Waals surface area (Å²) in [5, 5.41) is 10.0. The maximum absolute atomic E-state index is 8.87. The lowest BCUT2D eigenvalue weighted by Crippen LogP contribution is -2.22. The number of nitriles is 1. The summed E-state index contributed by atoms with van der Waals surface area (Å²) in [6.07, 6.45) is 3.45. The minimum Gasteiger partial charge on any atom is -0.327 e. The third-order valence-corrected chi connectivity index (χ3v) is 4.57. The van der Waals surface area contributed by atoms with Crippen molar-refractivity contribution < 1.29 is 0 Å². The average Bonchev–Trinajstić information content (AvgIpc) is 2.93. The third kappa shape index (κ3) is 1.82. The van der Waals surface area contributed by atoms with E-state index in [0.29, 0.717) is 11.5 Å². The zero-order valence-electron chi connectivity index (χ0n) is 9.39. The van der Waals surface area contributed by atoms with E-state index in [2.05, 4.69) is 11.1 Å². The van der Waals surface area contributed by atoms with Crippen molar-refractivity contribution in [3.63, 3.8) is 0 Å². The molecule has 1 heterocycles. The number of thiazole rings is 1. The summed E-state index contributed by atoms with van der Waals surface area (Å²) < 4.78 is 1.10. The van der Waals surface area contributed by atoms with Gasteiger partial charge in [0, 0.05) is 12.0 Å². The Morgan fingerprint density at radius 1 is 1.41 bits per heavy atom. The van der Waals surface area contributed by atoms with Crippen LogP contribution in [-0.2, 0) is 0 Å². The second-order valence-electron chi connectivity index (χ2n) is 4.55. The van der Waals surface area contributed by atoms with Gasteiger partial charge in [-0.05, 0) is 31.0 Å². The summed E-state index contributed by atoms with van der Waals surface area (Å²) in [5.41, 5.74) is 7.79. The minimum atomic E-state index is 0.256. The molecule has 0 amide bonds. The maximum atomic E-state index is 8.87. The fourth-order valence-corrected chi connectivity index (χ4v) is 3.68. The van der Waals surface area contributed by atoms with Crippen molar-refractivity contribution in [3.8, 4) is 6.07 Å². The zero-order chi connectivity index (χ0) is 11.8. The number of nitrogens with two attached hydrogens (primary N) is 1. The summed E-state index contributed by atoms with van der Waals surface area (Å²) in [4.78, 5) is 4.65. The van der Waals surface area contributed by atoms with Gasteiger partial charge in [0.2, 0.25) is 0 Å². The van der Waals surface area contributed by atoms with E-state index in [1.54, 1.807) is 11.3 Å². The molecule has 4 heteroatoms. The molecule has 2 aromatic rings. The highest BCUT2D eigenvalue weighted by Gasteiger charge is 2.28. The molecule has 3 nitrogen and oxygen atoms in total. The van der Waals surface area contributed by atoms with E-state index >= 15 is 0 Å². The van der Waals surface area contributed by atoms with Crippen LogP contribution >= 0.6 is 11.3 Å². The molecule has 17 heavy (non-hydrogen) atoms. The lowest BCUT2D eigenvalue weighted by atomic mass is 10.1. The molecule has 1 aliphatic carbocycles. The van der Waals surface area contributed by atoms with Crippen LogP contribution in [0, 0.1) is 11.3 Å². The van der Waals surface area contributed by atoms with Crippen LogP contribution in [0.5, 0.6) is 0 Å². The van der Waals surface area contributed by atoms with Gasteiger partial charge in [-0.1, -0.05) is 6.42 Å². The molecule has 2 atom stereocenters. The summed E-state index contributed by atoms with van der Waals surface area (Å²) in [5.74, 6) is 0.415. The summed E-state index contributed by atoms with van der Waals surface area (Å²) in [7, 11) is 0. The standard InChI is InChI=1S/C13H13N3S/c14-7-8-4-5-11-12(6-8)17-13(16-11)9-2-1-3-10(9)15/h4-6,9-10H,1-3,15H2. The van der Waals surface area contributed by atoms with Crippen molar-refractivity contribution >= 4 is 21.6 Å². The largest absolute Gasteiger partial charge is 0.327 e. The van der Waals surface area contributed by atoms with Gasteiger partial charge in [-0.25, -0.2) is 4.98 Å². The third-order valence-electron chi connectivity index (χ3n) is 3.42. The maximum Gasteiger partial charge on any atom is 0.0992 e. The molecular formula is C13H13N3S. The molecular weight excluding hydrogens is 230 g/mol. The zero-order valence-corrected chi connectivity index (χ0v) is 10.2. The molecule has 0 aliphatic heterocycles. The highest BCUT2D eigenvalue weighted by atomic mass is 32.1. The molecule has 0 spiro atoms. The Labute approximate surface area is 104 Å². The number of aromatic nitrogens is 1. The lowest BCUT2D eigenvalue weighted by molar-refractivity contribution is 0.611. The van der Waals surface area contributed by atoms with E-state index in [-0.39, 0.29) is 6.04 Å². The molecule has 2 unspecified atom stereocenters. The highest BCUT2D eigenvalue weighted by Crippen LogP contribution is 2.37. The van der Waals surface area contributed by atoms with Gasteiger partial charge in [0.25, 0.3) is 0 Å². The van der Waals surface area contributed by atoms with Crippen molar-refractivity contribution in [3.05, 3.63) is 28.8 Å². The summed E-state index contributed by atoms with van der Waals surface area (Å²) in [6.45, 7) is 0. The van der Waals surface area contributed by atoms with Gasteiger partial charge in [0.1, 0.15) is 0 Å². The van der Waals surface area contributed by atoms with Crippen LogP contribution in [0.4, 0.5) is 0 Å². The average molecular weight is 243 g/mol. The Morgan fingerprint density at radius 2 is 2.29 bits per heavy atom. The summed E-state index contributed by atoms with van der Waals surface area (Å²) >= 11 is 1.69. The first-order valence-electron chi connectivity index (χ1n) is 5.84. The van der Waals surface area contributed by atoms with Gasteiger partial charge in [0.05, 0.1) is 26.9 Å². The van der Waals surface area contributed by atoms with Gasteiger partial charge in [-0.3, -0.25) is 0 Å². The molecule has 1 fully saturated rings. The first kappa shape index (κ1) is 10.7. The number of fused-ring (bicyclic) bond motifs is 1.